The van der Waals surface area contributed by atoms with E-state index >= 15 is 0 Å². The molecule has 34 heavy (non-hydrogen) atoms. The fourth-order valence-electron chi connectivity index (χ4n) is 3.92. The standard InChI is InChI=1S/C21H24FN5O3.C4H8/c1-11-15(22)5-4-12-7-16(26-18(11)12)20(30)24-10-17(28)25-14(9-23)6-13-8-21(2,3)27-19(13)29;1-4-2-3-4/h4-5,7,13-14,26H,6,8,10H2,1-3H3,(H,24,30)(H,25,28)(H,27,29);4H,2-3H2,1H3/t13-,14+;/m1./s1. The molecule has 1 aliphatic heterocycles. The van der Waals surface area contributed by atoms with Gasteiger partial charge in [-0.2, -0.15) is 5.26 Å². The Hall–Kier alpha value is -3.41. The Morgan fingerprint density at radius 1 is 1.32 bits per heavy atom. The number of fused-ring (bicyclic) bond motifs is 1. The van der Waals surface area contributed by atoms with E-state index in [1.54, 1.807) is 19.1 Å². The Morgan fingerprint density at radius 2 is 2.00 bits per heavy atom. The lowest BCUT2D eigenvalue weighted by Crippen LogP contribution is -2.42. The van der Waals surface area contributed by atoms with Crippen LogP contribution in [0.4, 0.5) is 4.39 Å². The molecule has 2 aromatic rings. The molecule has 2 aliphatic rings. The van der Waals surface area contributed by atoms with Crippen molar-refractivity contribution in [3.05, 3.63) is 35.3 Å². The van der Waals surface area contributed by atoms with Crippen LogP contribution in [0, 0.1) is 35.9 Å². The molecular formula is C25H32FN5O3. The van der Waals surface area contributed by atoms with Crippen LogP contribution in [0.3, 0.4) is 0 Å². The van der Waals surface area contributed by atoms with Crippen LogP contribution >= 0.6 is 0 Å². The van der Waals surface area contributed by atoms with Crippen molar-refractivity contribution in [3.8, 4) is 6.07 Å². The fraction of sp³-hybridized carbons (Fsp3) is 0.520. The van der Waals surface area contributed by atoms with E-state index in [0.717, 1.165) is 5.92 Å². The van der Waals surface area contributed by atoms with E-state index in [-0.39, 0.29) is 41.8 Å². The summed E-state index contributed by atoms with van der Waals surface area (Å²) in [6, 6.07) is 5.62. The average molecular weight is 470 g/mol. The van der Waals surface area contributed by atoms with Crippen LogP contribution in [0.15, 0.2) is 18.2 Å². The van der Waals surface area contributed by atoms with Gasteiger partial charge in [0.1, 0.15) is 17.6 Å². The van der Waals surface area contributed by atoms with Crippen molar-refractivity contribution in [2.75, 3.05) is 6.54 Å². The van der Waals surface area contributed by atoms with Crippen LogP contribution in [-0.2, 0) is 9.59 Å². The third-order valence-electron chi connectivity index (χ3n) is 6.11. The van der Waals surface area contributed by atoms with Gasteiger partial charge in [0.2, 0.25) is 11.8 Å². The molecule has 4 rings (SSSR count). The number of nitrogens with one attached hydrogen (secondary N) is 4. The zero-order valence-corrected chi connectivity index (χ0v) is 20.0. The number of nitriles is 1. The number of benzene rings is 1. The second-order valence-electron chi connectivity index (χ2n) is 9.94. The van der Waals surface area contributed by atoms with Gasteiger partial charge >= 0.3 is 0 Å². The highest BCUT2D eigenvalue weighted by Crippen LogP contribution is 2.28. The molecule has 1 saturated carbocycles. The summed E-state index contributed by atoms with van der Waals surface area (Å²) in [7, 11) is 0. The Bertz CT molecular complexity index is 1130. The molecule has 2 atom stereocenters. The first-order chi connectivity index (χ1) is 16.0. The van der Waals surface area contributed by atoms with Crippen molar-refractivity contribution < 1.29 is 18.8 Å². The quantitative estimate of drug-likeness (QED) is 0.518. The number of H-pyrrole nitrogens is 1. The number of carbonyl (C=O) groups excluding carboxylic acids is 3. The lowest BCUT2D eigenvalue weighted by molar-refractivity contribution is -0.124. The maximum absolute atomic E-state index is 13.7. The molecule has 9 heteroatoms. The third kappa shape index (κ3) is 6.56. The Kier molecular flexibility index (Phi) is 7.60. The Labute approximate surface area is 198 Å². The number of halogens is 1. The molecule has 0 radical (unpaired) electrons. The normalized spacial score (nSPS) is 19.4. The van der Waals surface area contributed by atoms with Crippen molar-refractivity contribution in [3.63, 3.8) is 0 Å². The highest BCUT2D eigenvalue weighted by molar-refractivity contribution is 6.00. The van der Waals surface area contributed by atoms with Gasteiger partial charge in [0.05, 0.1) is 18.1 Å². The van der Waals surface area contributed by atoms with Gasteiger partial charge in [0.25, 0.3) is 5.91 Å². The minimum Gasteiger partial charge on any atom is -0.351 e. The van der Waals surface area contributed by atoms with Gasteiger partial charge in [-0.3, -0.25) is 14.4 Å². The third-order valence-corrected chi connectivity index (χ3v) is 6.11. The number of carbonyl (C=O) groups is 3. The first-order valence-corrected chi connectivity index (χ1v) is 11.6. The maximum Gasteiger partial charge on any atom is 0.268 e. The molecule has 2 heterocycles. The molecule has 4 N–H and O–H groups in total. The number of hydrogen-bond acceptors (Lipinski definition) is 4. The van der Waals surface area contributed by atoms with Crippen LogP contribution in [0.5, 0.6) is 0 Å². The first-order valence-electron chi connectivity index (χ1n) is 11.6. The molecule has 0 bridgehead atoms. The van der Waals surface area contributed by atoms with Gasteiger partial charge in [-0.05, 0) is 57.7 Å². The number of hydrogen-bond donors (Lipinski definition) is 4. The predicted molar refractivity (Wildman–Crippen MR) is 126 cm³/mol. The van der Waals surface area contributed by atoms with Crippen molar-refractivity contribution in [2.45, 2.75) is 65.0 Å². The van der Waals surface area contributed by atoms with Gasteiger partial charge in [0, 0.05) is 22.4 Å². The lowest BCUT2D eigenvalue weighted by Gasteiger charge is -2.17. The van der Waals surface area contributed by atoms with Crippen molar-refractivity contribution in [1.29, 1.82) is 5.26 Å². The van der Waals surface area contributed by atoms with Crippen LogP contribution in [0.2, 0.25) is 0 Å². The number of aryl methyl sites for hydroxylation is 1. The van der Waals surface area contributed by atoms with Gasteiger partial charge in [-0.25, -0.2) is 4.39 Å². The maximum atomic E-state index is 13.7. The molecule has 1 saturated heterocycles. The summed E-state index contributed by atoms with van der Waals surface area (Å²) in [5.41, 5.74) is 0.793. The van der Waals surface area contributed by atoms with Gasteiger partial charge in [0.15, 0.2) is 0 Å². The minimum atomic E-state index is -0.835. The lowest BCUT2D eigenvalue weighted by atomic mass is 9.92. The van der Waals surface area contributed by atoms with Gasteiger partial charge in [-0.15, -0.1) is 0 Å². The van der Waals surface area contributed by atoms with E-state index < -0.39 is 17.9 Å². The van der Waals surface area contributed by atoms with Crippen LogP contribution in [-0.4, -0.2) is 40.8 Å². The van der Waals surface area contributed by atoms with E-state index in [1.807, 2.05) is 19.9 Å². The molecule has 0 unspecified atom stereocenters. The fourth-order valence-corrected chi connectivity index (χ4v) is 3.92. The molecule has 2 fully saturated rings. The second-order valence-corrected chi connectivity index (χ2v) is 9.94. The Balaban J connectivity index is 0.000000732. The summed E-state index contributed by atoms with van der Waals surface area (Å²) >= 11 is 0. The van der Waals surface area contributed by atoms with Crippen molar-refractivity contribution >= 4 is 28.6 Å². The van der Waals surface area contributed by atoms with E-state index in [1.165, 1.54) is 18.9 Å². The van der Waals surface area contributed by atoms with E-state index in [9.17, 15) is 24.0 Å². The molecule has 1 aromatic carbocycles. The number of aromatic nitrogens is 1. The number of nitrogens with zero attached hydrogens (tertiary/aromatic N) is 1. The highest BCUT2D eigenvalue weighted by Gasteiger charge is 2.38. The summed E-state index contributed by atoms with van der Waals surface area (Å²) in [6.07, 6.45) is 3.76. The number of rotatable bonds is 6. The average Bonchev–Trinajstić information content (AvgIpc) is 3.34. The molecule has 3 amide bonds. The molecule has 0 spiro atoms. The van der Waals surface area contributed by atoms with Gasteiger partial charge < -0.3 is 20.9 Å². The van der Waals surface area contributed by atoms with Crippen LogP contribution in [0.25, 0.3) is 10.9 Å². The van der Waals surface area contributed by atoms with E-state index in [0.29, 0.717) is 22.9 Å². The molecular weight excluding hydrogens is 437 g/mol. The topological polar surface area (TPSA) is 127 Å². The smallest absolute Gasteiger partial charge is 0.268 e. The first kappa shape index (κ1) is 25.2. The van der Waals surface area contributed by atoms with Gasteiger partial charge in [-0.1, -0.05) is 19.8 Å². The molecule has 1 aromatic heterocycles. The number of aromatic amines is 1. The predicted octanol–water partition coefficient (Wildman–Crippen LogP) is 3.07. The molecule has 182 valence electrons. The summed E-state index contributed by atoms with van der Waals surface area (Å²) in [6.45, 7) is 7.36. The summed E-state index contributed by atoms with van der Waals surface area (Å²) in [5, 5.41) is 17.9. The van der Waals surface area contributed by atoms with Crippen LogP contribution in [0.1, 0.15) is 62.5 Å². The SMILES string of the molecule is CC1CC1.Cc1c(F)ccc2cc(C(=O)NCC(=O)N[C@H](C#N)C[C@@H]3CC(C)(C)NC3=O)[nH]c12. The Morgan fingerprint density at radius 3 is 2.56 bits per heavy atom. The summed E-state index contributed by atoms with van der Waals surface area (Å²) < 4.78 is 13.7. The minimum absolute atomic E-state index is 0.131. The van der Waals surface area contributed by atoms with Crippen LogP contribution < -0.4 is 16.0 Å². The number of amides is 3. The molecule has 1 aliphatic carbocycles. The van der Waals surface area contributed by atoms with E-state index in [2.05, 4.69) is 27.9 Å². The second kappa shape index (κ2) is 10.2. The monoisotopic (exact) mass is 469 g/mol. The summed E-state index contributed by atoms with van der Waals surface area (Å²) in [4.78, 5) is 39.4. The summed E-state index contributed by atoms with van der Waals surface area (Å²) in [5.74, 6) is -0.835. The van der Waals surface area contributed by atoms with E-state index in [4.69, 9.17) is 0 Å². The molecule has 8 nitrogen and oxygen atoms in total. The zero-order valence-electron chi connectivity index (χ0n) is 20.0. The van der Waals surface area contributed by atoms with Crippen molar-refractivity contribution in [2.24, 2.45) is 11.8 Å². The zero-order chi connectivity index (χ0) is 25.0. The highest BCUT2D eigenvalue weighted by atomic mass is 19.1. The largest absolute Gasteiger partial charge is 0.351 e. The van der Waals surface area contributed by atoms with Crippen molar-refractivity contribution in [1.82, 2.24) is 20.9 Å².